The monoisotopic (exact) mass is 439 g/mol. The van der Waals surface area contributed by atoms with E-state index >= 15 is 0 Å². The Morgan fingerprint density at radius 3 is 2.38 bits per heavy atom. The van der Waals surface area contributed by atoms with Crippen molar-refractivity contribution < 1.29 is 24.2 Å². The molecule has 1 aromatic carbocycles. The van der Waals surface area contributed by atoms with Gasteiger partial charge in [-0.05, 0) is 31.3 Å². The number of hydrogen-bond donors (Lipinski definition) is 1. The number of carbonyl (C=O) groups excluding carboxylic acids is 2. The molecular weight excluding hydrogens is 410 g/mol. The highest BCUT2D eigenvalue weighted by Gasteiger charge is 2.47. The van der Waals surface area contributed by atoms with Crippen LogP contribution in [0.1, 0.15) is 31.0 Å². The maximum absolute atomic E-state index is 13.1. The first-order valence-corrected chi connectivity index (χ1v) is 10.6. The quantitative estimate of drug-likeness (QED) is 0.365. The van der Waals surface area contributed by atoms with Crippen LogP contribution in [0.4, 0.5) is 0 Å². The van der Waals surface area contributed by atoms with E-state index in [4.69, 9.17) is 9.47 Å². The first-order valence-electron chi connectivity index (χ1n) is 10.6. The number of aliphatic hydroxyl groups excluding tert-OH is 1. The zero-order valence-electron chi connectivity index (χ0n) is 18.9. The summed E-state index contributed by atoms with van der Waals surface area (Å²) in [5.41, 5.74) is 1.00. The molecule has 0 saturated carbocycles. The Labute approximate surface area is 188 Å². The molecule has 8 heteroatoms. The summed E-state index contributed by atoms with van der Waals surface area (Å²) in [4.78, 5) is 33.9. The van der Waals surface area contributed by atoms with Gasteiger partial charge in [-0.3, -0.25) is 14.6 Å². The number of aromatic nitrogens is 1. The highest BCUT2D eigenvalue weighted by molar-refractivity contribution is 6.46. The van der Waals surface area contributed by atoms with Crippen LogP contribution in [0.5, 0.6) is 11.5 Å². The molecule has 1 fully saturated rings. The van der Waals surface area contributed by atoms with Gasteiger partial charge in [0.25, 0.3) is 11.7 Å². The van der Waals surface area contributed by atoms with E-state index in [2.05, 4.69) is 9.88 Å². The molecule has 2 aromatic rings. The lowest BCUT2D eigenvalue weighted by molar-refractivity contribution is -0.140. The Hall–Kier alpha value is -3.39. The van der Waals surface area contributed by atoms with Crippen molar-refractivity contribution in [3.63, 3.8) is 0 Å². The minimum atomic E-state index is -0.816. The molecular formula is C24H29N3O5. The SMILES string of the molecule is CCN(CC)CCN1C(=O)C(=O)/C(=C(/O)c2ccncc2)[C@H]1c1cccc(OC)c1OC. The highest BCUT2D eigenvalue weighted by atomic mass is 16.5. The lowest BCUT2D eigenvalue weighted by atomic mass is 9.94. The van der Waals surface area contributed by atoms with Crippen LogP contribution in [0.2, 0.25) is 0 Å². The maximum Gasteiger partial charge on any atom is 0.295 e. The molecule has 170 valence electrons. The van der Waals surface area contributed by atoms with E-state index in [9.17, 15) is 14.7 Å². The van der Waals surface area contributed by atoms with Crippen molar-refractivity contribution in [1.82, 2.24) is 14.8 Å². The summed E-state index contributed by atoms with van der Waals surface area (Å²) in [6.07, 6.45) is 3.04. The van der Waals surface area contributed by atoms with E-state index in [1.807, 2.05) is 13.8 Å². The van der Waals surface area contributed by atoms with Gasteiger partial charge in [-0.25, -0.2) is 0 Å². The highest BCUT2D eigenvalue weighted by Crippen LogP contribution is 2.45. The Morgan fingerprint density at radius 1 is 1.09 bits per heavy atom. The molecule has 8 nitrogen and oxygen atoms in total. The van der Waals surface area contributed by atoms with Gasteiger partial charge in [-0.2, -0.15) is 0 Å². The van der Waals surface area contributed by atoms with Crippen LogP contribution in [0.15, 0.2) is 48.3 Å². The van der Waals surface area contributed by atoms with Crippen LogP contribution in [0.25, 0.3) is 5.76 Å². The fourth-order valence-corrected chi connectivity index (χ4v) is 4.02. The van der Waals surface area contributed by atoms with Crippen molar-refractivity contribution >= 4 is 17.4 Å². The van der Waals surface area contributed by atoms with Crippen molar-refractivity contribution in [3.05, 3.63) is 59.4 Å². The Balaban J connectivity index is 2.19. The second-order valence-electron chi connectivity index (χ2n) is 7.34. The van der Waals surface area contributed by atoms with Crippen LogP contribution < -0.4 is 9.47 Å². The van der Waals surface area contributed by atoms with Crippen molar-refractivity contribution in [2.45, 2.75) is 19.9 Å². The number of amides is 1. The summed E-state index contributed by atoms with van der Waals surface area (Å²) in [7, 11) is 3.03. The van der Waals surface area contributed by atoms with Crippen LogP contribution >= 0.6 is 0 Å². The first kappa shape index (κ1) is 23.3. The molecule has 1 N–H and O–H groups in total. The van der Waals surface area contributed by atoms with Gasteiger partial charge < -0.3 is 24.4 Å². The predicted octanol–water partition coefficient (Wildman–Crippen LogP) is 2.86. The second-order valence-corrected chi connectivity index (χ2v) is 7.34. The van der Waals surface area contributed by atoms with Crippen molar-refractivity contribution in [3.8, 4) is 11.5 Å². The van der Waals surface area contributed by atoms with E-state index < -0.39 is 17.7 Å². The Kier molecular flexibility index (Phi) is 7.48. The van der Waals surface area contributed by atoms with Gasteiger partial charge in [-0.1, -0.05) is 26.0 Å². The number of likely N-dealkylation sites (N-methyl/N-ethyl adjacent to an activating group) is 1. The third-order valence-corrected chi connectivity index (χ3v) is 5.77. The van der Waals surface area contributed by atoms with E-state index in [-0.39, 0.29) is 11.3 Å². The lowest BCUT2D eigenvalue weighted by Crippen LogP contribution is -2.38. The number of ketones is 1. The summed E-state index contributed by atoms with van der Waals surface area (Å²) < 4.78 is 11.0. The van der Waals surface area contributed by atoms with Gasteiger partial charge >= 0.3 is 0 Å². The topological polar surface area (TPSA) is 92.2 Å². The molecule has 3 rings (SSSR count). The van der Waals surface area contributed by atoms with E-state index in [0.717, 1.165) is 13.1 Å². The van der Waals surface area contributed by atoms with Gasteiger partial charge in [0.1, 0.15) is 5.76 Å². The van der Waals surface area contributed by atoms with Gasteiger partial charge in [0.2, 0.25) is 0 Å². The number of benzene rings is 1. The number of carbonyl (C=O) groups is 2. The lowest BCUT2D eigenvalue weighted by Gasteiger charge is -2.29. The fraction of sp³-hybridized carbons (Fsp3) is 0.375. The van der Waals surface area contributed by atoms with Gasteiger partial charge in [-0.15, -0.1) is 0 Å². The normalized spacial score (nSPS) is 17.8. The van der Waals surface area contributed by atoms with Gasteiger partial charge in [0.15, 0.2) is 11.5 Å². The van der Waals surface area contributed by atoms with Crippen LogP contribution in [-0.2, 0) is 9.59 Å². The number of likely N-dealkylation sites (tertiary alicyclic amines) is 1. The Morgan fingerprint density at radius 2 is 1.78 bits per heavy atom. The molecule has 0 radical (unpaired) electrons. The average molecular weight is 440 g/mol. The standard InChI is InChI=1S/C24H29N3O5/c1-5-26(6-2)14-15-27-20(17-8-7-9-18(31-3)23(17)32-4)19(22(29)24(27)30)21(28)16-10-12-25-13-11-16/h7-13,20,28H,5-6,14-15H2,1-4H3/b21-19+/t20-/m1/s1. The number of methoxy groups -OCH3 is 2. The third-order valence-electron chi connectivity index (χ3n) is 5.77. The summed E-state index contributed by atoms with van der Waals surface area (Å²) in [5.74, 6) is -0.735. The van der Waals surface area contributed by atoms with Crippen LogP contribution in [0, 0.1) is 0 Å². The zero-order chi connectivity index (χ0) is 23.3. The molecule has 1 atom stereocenters. The number of aliphatic hydroxyl groups is 1. The molecule has 1 aliphatic rings. The fourth-order valence-electron chi connectivity index (χ4n) is 4.02. The summed E-state index contributed by atoms with van der Waals surface area (Å²) in [6.45, 7) is 6.66. The average Bonchev–Trinajstić information content (AvgIpc) is 3.08. The zero-order valence-corrected chi connectivity index (χ0v) is 18.9. The summed E-state index contributed by atoms with van der Waals surface area (Å²) in [6, 6.07) is 7.67. The minimum absolute atomic E-state index is 0.0206. The molecule has 0 spiro atoms. The smallest absolute Gasteiger partial charge is 0.295 e. The van der Waals surface area contributed by atoms with Gasteiger partial charge in [0, 0.05) is 36.6 Å². The van der Waals surface area contributed by atoms with Crippen LogP contribution in [-0.4, -0.2) is 72.0 Å². The Bertz CT molecular complexity index is 1000. The van der Waals surface area contributed by atoms with Gasteiger partial charge in [0.05, 0.1) is 25.8 Å². The predicted molar refractivity (Wildman–Crippen MR) is 121 cm³/mol. The van der Waals surface area contributed by atoms with Crippen molar-refractivity contribution in [2.75, 3.05) is 40.4 Å². The second kappa shape index (κ2) is 10.3. The minimum Gasteiger partial charge on any atom is -0.507 e. The van der Waals surface area contributed by atoms with E-state index in [1.54, 1.807) is 30.3 Å². The molecule has 0 bridgehead atoms. The molecule has 1 amide bonds. The molecule has 1 aliphatic heterocycles. The number of pyridine rings is 1. The molecule has 1 saturated heterocycles. The van der Waals surface area contributed by atoms with E-state index in [0.29, 0.717) is 35.7 Å². The van der Waals surface area contributed by atoms with Crippen molar-refractivity contribution in [1.29, 1.82) is 0 Å². The number of para-hydroxylation sites is 1. The molecule has 0 aliphatic carbocycles. The largest absolute Gasteiger partial charge is 0.507 e. The number of hydrogen-bond acceptors (Lipinski definition) is 7. The molecule has 1 aromatic heterocycles. The first-order chi connectivity index (χ1) is 15.5. The molecule has 2 heterocycles. The summed E-state index contributed by atoms with van der Waals surface area (Å²) in [5, 5.41) is 11.1. The molecule has 32 heavy (non-hydrogen) atoms. The number of Topliss-reactive ketones (excluding diaryl/α,β-unsaturated/α-hetero) is 1. The number of nitrogens with zero attached hydrogens (tertiary/aromatic N) is 3. The van der Waals surface area contributed by atoms with Crippen LogP contribution in [0.3, 0.4) is 0 Å². The summed E-state index contributed by atoms with van der Waals surface area (Å²) >= 11 is 0. The van der Waals surface area contributed by atoms with E-state index in [1.165, 1.54) is 31.5 Å². The number of rotatable bonds is 9. The third kappa shape index (κ3) is 4.31. The maximum atomic E-state index is 13.1. The number of ether oxygens (including phenoxy) is 2. The molecule has 0 unspecified atom stereocenters. The van der Waals surface area contributed by atoms with Crippen molar-refractivity contribution in [2.24, 2.45) is 0 Å².